The van der Waals surface area contributed by atoms with Crippen molar-refractivity contribution in [2.75, 3.05) is 6.54 Å². The van der Waals surface area contributed by atoms with E-state index < -0.39 is 0 Å². The fourth-order valence-corrected chi connectivity index (χ4v) is 2.42. The molecule has 0 spiro atoms. The number of benzene rings is 1. The molecule has 0 saturated heterocycles. The van der Waals surface area contributed by atoms with Crippen LogP contribution in [0.2, 0.25) is 4.34 Å². The fraction of sp³-hybridized carbons (Fsp3) is 0.250. The molecule has 0 aliphatic rings. The lowest BCUT2D eigenvalue weighted by Gasteiger charge is -2.03. The highest BCUT2D eigenvalue weighted by Gasteiger charge is 1.99. The zero-order chi connectivity index (χ0) is 12.1. The molecule has 17 heavy (non-hydrogen) atoms. The number of aromatic nitrogens is 1. The largest absolute Gasteiger partial charge is 0.310 e. The van der Waals surface area contributed by atoms with Crippen molar-refractivity contribution in [3.05, 3.63) is 51.2 Å². The summed E-state index contributed by atoms with van der Waals surface area (Å²) in [7, 11) is 0. The minimum atomic E-state index is -0.186. The monoisotopic (exact) mass is 270 g/mol. The van der Waals surface area contributed by atoms with Crippen molar-refractivity contribution in [3.8, 4) is 0 Å². The van der Waals surface area contributed by atoms with E-state index in [2.05, 4.69) is 10.3 Å². The first-order valence-electron chi connectivity index (χ1n) is 5.29. The molecule has 0 fully saturated rings. The molecule has 0 atom stereocenters. The maximum atomic E-state index is 12.9. The molecule has 0 radical (unpaired) electrons. The molecule has 1 aromatic carbocycles. The second-order valence-electron chi connectivity index (χ2n) is 3.61. The van der Waals surface area contributed by atoms with Gasteiger partial charge in [-0.15, -0.1) is 11.3 Å². The molecule has 2 rings (SSSR count). The predicted octanol–water partition coefficient (Wildman–Crippen LogP) is 3.27. The van der Waals surface area contributed by atoms with E-state index in [1.807, 2.05) is 6.07 Å². The second-order valence-corrected chi connectivity index (χ2v) is 5.36. The van der Waals surface area contributed by atoms with E-state index in [1.165, 1.54) is 17.4 Å². The second kappa shape index (κ2) is 6.10. The summed E-state index contributed by atoms with van der Waals surface area (Å²) in [6, 6.07) is 6.66. The molecule has 0 saturated carbocycles. The van der Waals surface area contributed by atoms with Gasteiger partial charge in [-0.1, -0.05) is 23.7 Å². The SMILES string of the molecule is Fc1cccc(CCNCc2ncc(Cl)s2)c1. The maximum Gasteiger partial charge on any atom is 0.123 e. The van der Waals surface area contributed by atoms with Crippen molar-refractivity contribution in [1.82, 2.24) is 10.3 Å². The summed E-state index contributed by atoms with van der Waals surface area (Å²) < 4.78 is 13.6. The van der Waals surface area contributed by atoms with Gasteiger partial charge < -0.3 is 5.32 Å². The third-order valence-electron chi connectivity index (χ3n) is 2.28. The average Bonchev–Trinajstić information content (AvgIpc) is 2.71. The summed E-state index contributed by atoms with van der Waals surface area (Å²) in [5, 5.41) is 4.22. The van der Waals surface area contributed by atoms with Crippen LogP contribution in [0.4, 0.5) is 4.39 Å². The van der Waals surface area contributed by atoms with Crippen LogP contribution in [0.3, 0.4) is 0 Å². The summed E-state index contributed by atoms with van der Waals surface area (Å²) >= 11 is 7.24. The van der Waals surface area contributed by atoms with Gasteiger partial charge in [-0.25, -0.2) is 9.37 Å². The van der Waals surface area contributed by atoms with Gasteiger partial charge in [0, 0.05) is 6.54 Å². The van der Waals surface area contributed by atoms with E-state index in [0.29, 0.717) is 10.9 Å². The Balaban J connectivity index is 1.73. The molecule has 1 aromatic heterocycles. The summed E-state index contributed by atoms with van der Waals surface area (Å²) in [6.45, 7) is 1.49. The van der Waals surface area contributed by atoms with Gasteiger partial charge in [-0.2, -0.15) is 0 Å². The zero-order valence-corrected chi connectivity index (χ0v) is 10.7. The molecule has 2 nitrogen and oxygen atoms in total. The van der Waals surface area contributed by atoms with Gasteiger partial charge in [0.25, 0.3) is 0 Å². The van der Waals surface area contributed by atoms with Crippen LogP contribution in [0.1, 0.15) is 10.6 Å². The third-order valence-corrected chi connectivity index (χ3v) is 3.40. The van der Waals surface area contributed by atoms with E-state index in [4.69, 9.17) is 11.6 Å². The Morgan fingerprint density at radius 2 is 2.29 bits per heavy atom. The van der Waals surface area contributed by atoms with E-state index in [0.717, 1.165) is 23.5 Å². The molecular formula is C12H12ClFN2S. The molecule has 0 aliphatic carbocycles. The highest BCUT2D eigenvalue weighted by molar-refractivity contribution is 7.15. The first kappa shape index (κ1) is 12.5. The van der Waals surface area contributed by atoms with E-state index in [-0.39, 0.29) is 5.82 Å². The fourth-order valence-electron chi connectivity index (χ4n) is 1.49. The average molecular weight is 271 g/mol. The molecule has 0 aliphatic heterocycles. The Morgan fingerprint density at radius 1 is 1.41 bits per heavy atom. The normalized spacial score (nSPS) is 10.7. The number of nitrogens with one attached hydrogen (secondary N) is 1. The number of halogens is 2. The molecular weight excluding hydrogens is 259 g/mol. The quantitative estimate of drug-likeness (QED) is 0.844. The van der Waals surface area contributed by atoms with Crippen molar-refractivity contribution in [2.45, 2.75) is 13.0 Å². The molecule has 2 aromatic rings. The molecule has 1 heterocycles. The molecule has 0 unspecified atom stereocenters. The summed E-state index contributed by atoms with van der Waals surface area (Å²) in [6.07, 6.45) is 2.45. The molecule has 1 N–H and O–H groups in total. The van der Waals surface area contributed by atoms with Crippen molar-refractivity contribution in [1.29, 1.82) is 0 Å². The Kier molecular flexibility index (Phi) is 4.48. The standard InChI is InChI=1S/C12H12ClFN2S/c13-11-7-16-12(17-11)8-15-5-4-9-2-1-3-10(14)6-9/h1-3,6-7,15H,4-5,8H2. The number of hydrogen-bond donors (Lipinski definition) is 1. The topological polar surface area (TPSA) is 24.9 Å². The lowest BCUT2D eigenvalue weighted by Crippen LogP contribution is -2.16. The van der Waals surface area contributed by atoms with Gasteiger partial charge in [0.05, 0.1) is 6.20 Å². The lowest BCUT2D eigenvalue weighted by atomic mass is 10.1. The van der Waals surface area contributed by atoms with Crippen LogP contribution in [0.5, 0.6) is 0 Å². The Morgan fingerprint density at radius 3 is 3.00 bits per heavy atom. The first-order valence-corrected chi connectivity index (χ1v) is 6.49. The van der Waals surface area contributed by atoms with Crippen LogP contribution in [0, 0.1) is 5.82 Å². The molecule has 90 valence electrons. The predicted molar refractivity (Wildman–Crippen MR) is 68.9 cm³/mol. The van der Waals surface area contributed by atoms with Crippen LogP contribution in [0.15, 0.2) is 30.5 Å². The van der Waals surface area contributed by atoms with Crippen LogP contribution in [-0.4, -0.2) is 11.5 Å². The summed E-state index contributed by atoms with van der Waals surface area (Å²) in [5.41, 5.74) is 0.995. The summed E-state index contributed by atoms with van der Waals surface area (Å²) in [5.74, 6) is -0.186. The summed E-state index contributed by atoms with van der Waals surface area (Å²) in [4.78, 5) is 4.14. The van der Waals surface area contributed by atoms with Crippen molar-refractivity contribution < 1.29 is 4.39 Å². The third kappa shape index (κ3) is 4.07. The zero-order valence-electron chi connectivity index (χ0n) is 9.12. The van der Waals surface area contributed by atoms with Gasteiger partial charge in [-0.3, -0.25) is 0 Å². The van der Waals surface area contributed by atoms with Gasteiger partial charge in [0.2, 0.25) is 0 Å². The Hall–Kier alpha value is -0.970. The Bertz CT molecular complexity index is 487. The van der Waals surface area contributed by atoms with Gasteiger partial charge in [0.1, 0.15) is 15.2 Å². The first-order chi connectivity index (χ1) is 8.24. The van der Waals surface area contributed by atoms with Crippen molar-refractivity contribution in [2.24, 2.45) is 0 Å². The van der Waals surface area contributed by atoms with Gasteiger partial charge in [-0.05, 0) is 30.7 Å². The lowest BCUT2D eigenvalue weighted by molar-refractivity contribution is 0.622. The van der Waals surface area contributed by atoms with E-state index in [9.17, 15) is 4.39 Å². The molecule has 0 amide bonds. The molecule has 5 heteroatoms. The minimum absolute atomic E-state index is 0.186. The number of hydrogen-bond acceptors (Lipinski definition) is 3. The highest BCUT2D eigenvalue weighted by atomic mass is 35.5. The maximum absolute atomic E-state index is 12.9. The number of thiazole rings is 1. The van der Waals surface area contributed by atoms with Crippen LogP contribution >= 0.6 is 22.9 Å². The smallest absolute Gasteiger partial charge is 0.123 e. The van der Waals surface area contributed by atoms with E-state index >= 15 is 0 Å². The van der Waals surface area contributed by atoms with Crippen molar-refractivity contribution >= 4 is 22.9 Å². The number of rotatable bonds is 5. The number of nitrogens with zero attached hydrogens (tertiary/aromatic N) is 1. The van der Waals surface area contributed by atoms with Crippen LogP contribution in [0.25, 0.3) is 0 Å². The van der Waals surface area contributed by atoms with Crippen LogP contribution < -0.4 is 5.32 Å². The van der Waals surface area contributed by atoms with Crippen molar-refractivity contribution in [3.63, 3.8) is 0 Å². The highest BCUT2D eigenvalue weighted by Crippen LogP contribution is 2.17. The minimum Gasteiger partial charge on any atom is -0.310 e. The van der Waals surface area contributed by atoms with Gasteiger partial charge in [0.15, 0.2) is 0 Å². The molecule has 0 bridgehead atoms. The van der Waals surface area contributed by atoms with Crippen LogP contribution in [-0.2, 0) is 13.0 Å². The van der Waals surface area contributed by atoms with E-state index in [1.54, 1.807) is 18.3 Å². The van der Waals surface area contributed by atoms with Gasteiger partial charge >= 0.3 is 0 Å². The Labute approximate surface area is 108 Å².